The van der Waals surface area contributed by atoms with Gasteiger partial charge in [0.15, 0.2) is 5.41 Å². The lowest BCUT2D eigenvalue weighted by molar-refractivity contribution is -0.164. The quantitative estimate of drug-likeness (QED) is 0.246. The van der Waals surface area contributed by atoms with Crippen LogP contribution in [0.15, 0.2) is 18.2 Å². The van der Waals surface area contributed by atoms with Gasteiger partial charge in [-0.25, -0.2) is 0 Å². The lowest BCUT2D eigenvalue weighted by Gasteiger charge is -2.19. The average Bonchev–Trinajstić information content (AvgIpc) is 3.17. The molecule has 0 aromatic heterocycles. The first kappa shape index (κ1) is 25.5. The van der Waals surface area contributed by atoms with Crippen molar-refractivity contribution in [3.8, 4) is 5.75 Å². The summed E-state index contributed by atoms with van der Waals surface area (Å²) in [6, 6.07) is 5.68. The molecule has 174 valence electrons. The molecule has 1 saturated carbocycles. The van der Waals surface area contributed by atoms with E-state index in [9.17, 15) is 19.8 Å². The maximum Gasteiger partial charge on any atom is 0.321 e. The third kappa shape index (κ3) is 7.69. The Morgan fingerprint density at radius 3 is 2.42 bits per heavy atom. The molecule has 0 aliphatic heterocycles. The Morgan fingerprint density at radius 2 is 1.81 bits per heavy atom. The largest absolute Gasteiger partial charge is 0.492 e. The average molecular weight is 454 g/mol. The molecule has 1 aliphatic carbocycles. The number of hydrogen-bond acceptors (Lipinski definition) is 4. The Bertz CT molecular complexity index is 710. The van der Waals surface area contributed by atoms with Gasteiger partial charge in [0, 0.05) is 6.04 Å². The van der Waals surface area contributed by atoms with E-state index in [-0.39, 0.29) is 18.9 Å². The van der Waals surface area contributed by atoms with Gasteiger partial charge < -0.3 is 20.3 Å². The summed E-state index contributed by atoms with van der Waals surface area (Å²) in [6.07, 6.45) is 10.2. The van der Waals surface area contributed by atoms with Gasteiger partial charge in [0.05, 0.1) is 11.6 Å². The van der Waals surface area contributed by atoms with E-state index in [1.807, 2.05) is 18.2 Å². The van der Waals surface area contributed by atoms with Crippen molar-refractivity contribution in [1.82, 2.24) is 5.32 Å². The van der Waals surface area contributed by atoms with Crippen LogP contribution < -0.4 is 10.1 Å². The molecular formula is C24H36ClNO5. The number of carboxylic acid groups (broad SMARTS) is 2. The van der Waals surface area contributed by atoms with Crippen LogP contribution in [0.1, 0.15) is 76.7 Å². The SMILES string of the molecule is CCCCCCCCCOc1ccc(CCNC2CCC(C(=O)O)(C(=O)O)C2)cc1Cl. The molecule has 1 aromatic rings. The highest BCUT2D eigenvalue weighted by atomic mass is 35.5. The number of nitrogens with one attached hydrogen (secondary N) is 1. The maximum atomic E-state index is 11.4. The fourth-order valence-corrected chi connectivity index (χ4v) is 4.44. The summed E-state index contributed by atoms with van der Waals surface area (Å²) >= 11 is 6.36. The zero-order valence-electron chi connectivity index (χ0n) is 18.5. The Morgan fingerprint density at radius 1 is 1.13 bits per heavy atom. The van der Waals surface area contributed by atoms with E-state index < -0.39 is 17.4 Å². The van der Waals surface area contributed by atoms with Crippen molar-refractivity contribution in [2.75, 3.05) is 13.2 Å². The fraction of sp³-hybridized carbons (Fsp3) is 0.667. The van der Waals surface area contributed by atoms with Crippen LogP contribution in [0.25, 0.3) is 0 Å². The third-order valence-electron chi connectivity index (χ3n) is 6.18. The molecule has 0 radical (unpaired) electrons. The van der Waals surface area contributed by atoms with Gasteiger partial charge in [-0.3, -0.25) is 9.59 Å². The Hall–Kier alpha value is -1.79. The summed E-state index contributed by atoms with van der Waals surface area (Å²) in [4.78, 5) is 22.8. The van der Waals surface area contributed by atoms with Crippen LogP contribution in [0.5, 0.6) is 5.75 Å². The van der Waals surface area contributed by atoms with Crippen LogP contribution in [0.2, 0.25) is 5.02 Å². The van der Waals surface area contributed by atoms with E-state index in [1.54, 1.807) is 0 Å². The molecule has 7 heteroatoms. The lowest BCUT2D eigenvalue weighted by Crippen LogP contribution is -2.39. The number of carbonyl (C=O) groups is 2. The molecule has 1 atom stereocenters. The zero-order valence-corrected chi connectivity index (χ0v) is 19.3. The molecule has 1 aliphatic rings. The summed E-state index contributed by atoms with van der Waals surface area (Å²) in [5, 5.41) is 22.5. The van der Waals surface area contributed by atoms with Crippen molar-refractivity contribution in [3.63, 3.8) is 0 Å². The molecule has 0 bridgehead atoms. The number of carboxylic acids is 2. The highest BCUT2D eigenvalue weighted by molar-refractivity contribution is 6.32. The van der Waals surface area contributed by atoms with E-state index in [2.05, 4.69) is 12.2 Å². The first-order valence-corrected chi connectivity index (χ1v) is 11.9. The molecule has 2 rings (SSSR count). The first-order valence-electron chi connectivity index (χ1n) is 11.5. The fourth-order valence-electron chi connectivity index (χ4n) is 4.18. The van der Waals surface area contributed by atoms with Crippen molar-refractivity contribution >= 4 is 23.5 Å². The van der Waals surface area contributed by atoms with Gasteiger partial charge >= 0.3 is 11.9 Å². The van der Waals surface area contributed by atoms with E-state index in [4.69, 9.17) is 16.3 Å². The molecule has 1 fully saturated rings. The molecule has 1 aromatic carbocycles. The predicted molar refractivity (Wildman–Crippen MR) is 122 cm³/mol. The van der Waals surface area contributed by atoms with E-state index in [0.717, 1.165) is 18.4 Å². The Labute approximate surface area is 190 Å². The molecule has 3 N–H and O–H groups in total. The van der Waals surface area contributed by atoms with Crippen LogP contribution in [0.4, 0.5) is 0 Å². The number of rotatable bonds is 15. The Balaban J connectivity index is 1.68. The zero-order chi connectivity index (χ0) is 22.7. The van der Waals surface area contributed by atoms with Crippen molar-refractivity contribution in [2.24, 2.45) is 5.41 Å². The van der Waals surface area contributed by atoms with Gasteiger partial charge in [0.2, 0.25) is 0 Å². The number of aliphatic carboxylic acids is 2. The summed E-state index contributed by atoms with van der Waals surface area (Å²) < 4.78 is 5.81. The van der Waals surface area contributed by atoms with Crippen LogP contribution in [0, 0.1) is 5.41 Å². The van der Waals surface area contributed by atoms with Crippen molar-refractivity contribution in [2.45, 2.75) is 83.6 Å². The van der Waals surface area contributed by atoms with Gasteiger partial charge in [-0.15, -0.1) is 0 Å². The maximum absolute atomic E-state index is 11.4. The minimum Gasteiger partial charge on any atom is -0.492 e. The molecule has 0 spiro atoms. The second kappa shape index (κ2) is 12.9. The van der Waals surface area contributed by atoms with Crippen molar-refractivity contribution in [3.05, 3.63) is 28.8 Å². The molecule has 31 heavy (non-hydrogen) atoms. The topological polar surface area (TPSA) is 95.9 Å². The number of halogens is 1. The second-order valence-electron chi connectivity index (χ2n) is 8.57. The summed E-state index contributed by atoms with van der Waals surface area (Å²) in [7, 11) is 0. The number of ether oxygens (including phenoxy) is 1. The summed E-state index contributed by atoms with van der Waals surface area (Å²) in [6.45, 7) is 3.53. The third-order valence-corrected chi connectivity index (χ3v) is 6.48. The molecular weight excluding hydrogens is 418 g/mol. The Kier molecular flexibility index (Phi) is 10.6. The first-order chi connectivity index (χ1) is 14.9. The number of benzene rings is 1. The van der Waals surface area contributed by atoms with Crippen LogP contribution in [-0.2, 0) is 16.0 Å². The molecule has 1 unspecified atom stereocenters. The van der Waals surface area contributed by atoms with Gasteiger partial charge in [-0.1, -0.05) is 63.1 Å². The summed E-state index contributed by atoms with van der Waals surface area (Å²) in [5.74, 6) is -1.79. The van der Waals surface area contributed by atoms with Gasteiger partial charge in [0.25, 0.3) is 0 Å². The van der Waals surface area contributed by atoms with Crippen LogP contribution in [-0.4, -0.2) is 41.3 Å². The summed E-state index contributed by atoms with van der Waals surface area (Å²) in [5.41, 5.74) is -0.600. The minimum atomic E-state index is -1.66. The van der Waals surface area contributed by atoms with Crippen molar-refractivity contribution < 1.29 is 24.5 Å². The molecule has 0 amide bonds. The van der Waals surface area contributed by atoms with Crippen molar-refractivity contribution in [1.29, 1.82) is 0 Å². The highest BCUT2D eigenvalue weighted by Crippen LogP contribution is 2.39. The molecule has 0 saturated heterocycles. The van der Waals surface area contributed by atoms with Crippen LogP contribution >= 0.6 is 11.6 Å². The van der Waals surface area contributed by atoms with Gasteiger partial charge in [0.1, 0.15) is 5.75 Å². The molecule has 6 nitrogen and oxygen atoms in total. The minimum absolute atomic E-state index is 0.104. The second-order valence-corrected chi connectivity index (χ2v) is 8.98. The molecule has 0 heterocycles. The normalized spacial score (nSPS) is 17.5. The van der Waals surface area contributed by atoms with Gasteiger partial charge in [-0.2, -0.15) is 0 Å². The number of hydrogen-bond donors (Lipinski definition) is 3. The van der Waals surface area contributed by atoms with Crippen LogP contribution in [0.3, 0.4) is 0 Å². The number of unbranched alkanes of at least 4 members (excludes halogenated alkanes) is 6. The standard InChI is InChI=1S/C24H36ClNO5/c1-2-3-4-5-6-7-8-15-31-21-10-9-18(16-20(21)25)12-14-26-19-11-13-24(17-19,22(27)28)23(29)30/h9-10,16,19,26H,2-8,11-15,17H2,1H3,(H,27,28)(H,29,30). The lowest BCUT2D eigenvalue weighted by atomic mass is 9.86. The monoisotopic (exact) mass is 453 g/mol. The smallest absolute Gasteiger partial charge is 0.321 e. The van der Waals surface area contributed by atoms with E-state index in [0.29, 0.717) is 30.3 Å². The highest BCUT2D eigenvalue weighted by Gasteiger charge is 2.51. The van der Waals surface area contributed by atoms with E-state index >= 15 is 0 Å². The van der Waals surface area contributed by atoms with E-state index in [1.165, 1.54) is 38.5 Å². The predicted octanol–water partition coefficient (Wildman–Crippen LogP) is 5.31. The van der Waals surface area contributed by atoms with Gasteiger partial charge in [-0.05, 0) is 56.3 Å².